The number of benzene rings is 2. The summed E-state index contributed by atoms with van der Waals surface area (Å²) in [6.07, 6.45) is 2.37. The van der Waals surface area contributed by atoms with Gasteiger partial charge in [-0.15, -0.1) is 11.3 Å². The van der Waals surface area contributed by atoms with E-state index in [1.54, 1.807) is 0 Å². The number of nitrogens with zero attached hydrogens (tertiary/aromatic N) is 5. The first-order valence-electron chi connectivity index (χ1n) is 9.96. The molecule has 1 aliphatic heterocycles. The third-order valence-corrected chi connectivity index (χ3v) is 7.26. The molecule has 0 bridgehead atoms. The zero-order valence-electron chi connectivity index (χ0n) is 16.4. The van der Waals surface area contributed by atoms with Crippen LogP contribution in [0.4, 0.5) is 0 Å². The predicted octanol–water partition coefficient (Wildman–Crippen LogP) is 5.06. The Kier molecular flexibility index (Phi) is 5.03. The summed E-state index contributed by atoms with van der Waals surface area (Å²) in [4.78, 5) is 7.35. The van der Waals surface area contributed by atoms with Gasteiger partial charge in [-0.25, -0.2) is 9.67 Å². The second kappa shape index (κ2) is 7.82. The van der Waals surface area contributed by atoms with E-state index in [2.05, 4.69) is 41.3 Å². The van der Waals surface area contributed by atoms with E-state index in [1.807, 2.05) is 45.8 Å². The van der Waals surface area contributed by atoms with E-state index in [1.165, 1.54) is 22.5 Å². The SMILES string of the molecule is Cn1c(-c2ccccc2)nn(CN2CCC[C@H](c3nc4ccccc4s3)C2)c1=S. The number of para-hydroxylation sites is 1. The highest BCUT2D eigenvalue weighted by molar-refractivity contribution is 7.71. The molecule has 4 aromatic rings. The van der Waals surface area contributed by atoms with Crippen LogP contribution >= 0.6 is 23.6 Å². The maximum atomic E-state index is 5.68. The first kappa shape index (κ1) is 18.7. The monoisotopic (exact) mass is 421 g/mol. The minimum absolute atomic E-state index is 0.479. The number of hydrogen-bond donors (Lipinski definition) is 0. The van der Waals surface area contributed by atoms with Gasteiger partial charge in [0.1, 0.15) is 0 Å². The van der Waals surface area contributed by atoms with Gasteiger partial charge in [0.25, 0.3) is 0 Å². The molecule has 0 spiro atoms. The van der Waals surface area contributed by atoms with E-state index in [-0.39, 0.29) is 0 Å². The Morgan fingerprint density at radius 2 is 1.90 bits per heavy atom. The van der Waals surface area contributed by atoms with Crippen LogP contribution in [0, 0.1) is 4.77 Å². The molecule has 0 amide bonds. The van der Waals surface area contributed by atoms with Crippen molar-refractivity contribution in [1.82, 2.24) is 24.2 Å². The number of thiazole rings is 1. The number of likely N-dealkylation sites (tertiary alicyclic amines) is 1. The van der Waals surface area contributed by atoms with Crippen molar-refractivity contribution in [1.29, 1.82) is 0 Å². The molecule has 1 saturated heterocycles. The normalized spacial score (nSPS) is 17.8. The molecule has 0 N–H and O–H groups in total. The molecule has 2 aromatic carbocycles. The highest BCUT2D eigenvalue weighted by Gasteiger charge is 2.25. The summed E-state index contributed by atoms with van der Waals surface area (Å²) in [6, 6.07) is 18.7. The molecule has 0 radical (unpaired) electrons. The van der Waals surface area contributed by atoms with Gasteiger partial charge in [0.05, 0.1) is 21.9 Å². The lowest BCUT2D eigenvalue weighted by atomic mass is 9.99. The van der Waals surface area contributed by atoms with Crippen molar-refractivity contribution in [3.63, 3.8) is 0 Å². The molecule has 148 valence electrons. The maximum absolute atomic E-state index is 5.68. The highest BCUT2D eigenvalue weighted by Crippen LogP contribution is 2.33. The van der Waals surface area contributed by atoms with Gasteiger partial charge in [-0.2, -0.15) is 5.10 Å². The van der Waals surface area contributed by atoms with Crippen molar-refractivity contribution in [2.75, 3.05) is 13.1 Å². The average Bonchev–Trinajstić information content (AvgIpc) is 3.31. The van der Waals surface area contributed by atoms with Crippen LogP contribution < -0.4 is 0 Å². The van der Waals surface area contributed by atoms with Crippen molar-refractivity contribution in [2.24, 2.45) is 7.05 Å². The Balaban J connectivity index is 1.36. The third-order valence-electron chi connectivity index (χ3n) is 5.57. The van der Waals surface area contributed by atoms with Gasteiger partial charge in [-0.3, -0.25) is 4.90 Å². The smallest absolute Gasteiger partial charge is 0.199 e. The second-order valence-electron chi connectivity index (χ2n) is 7.61. The molecule has 1 atom stereocenters. The number of rotatable bonds is 4. The van der Waals surface area contributed by atoms with E-state index in [0.29, 0.717) is 5.92 Å². The predicted molar refractivity (Wildman–Crippen MR) is 121 cm³/mol. The van der Waals surface area contributed by atoms with Gasteiger partial charge in [-0.1, -0.05) is 42.5 Å². The molecule has 2 aromatic heterocycles. The summed E-state index contributed by atoms with van der Waals surface area (Å²) in [5, 5.41) is 6.08. The zero-order valence-corrected chi connectivity index (χ0v) is 18.0. The summed E-state index contributed by atoms with van der Waals surface area (Å²) in [7, 11) is 1.99. The quantitative estimate of drug-likeness (QED) is 0.432. The van der Waals surface area contributed by atoms with Crippen LogP contribution in [-0.2, 0) is 13.7 Å². The van der Waals surface area contributed by atoms with E-state index >= 15 is 0 Å². The molecule has 0 saturated carbocycles. The minimum Gasteiger partial charge on any atom is -0.303 e. The second-order valence-corrected chi connectivity index (χ2v) is 9.04. The van der Waals surface area contributed by atoms with Gasteiger partial charge in [-0.05, 0) is 43.7 Å². The standard InChI is InChI=1S/C22H23N5S2/c1-25-20(16-8-3-2-4-9-16)24-27(22(25)28)15-26-13-7-10-17(14-26)21-23-18-11-5-6-12-19(18)29-21/h2-6,8-9,11-12,17H,7,10,13-15H2,1H3/t17-/m0/s1. The van der Waals surface area contributed by atoms with E-state index < -0.39 is 0 Å². The summed E-state index contributed by atoms with van der Waals surface area (Å²) >= 11 is 7.51. The van der Waals surface area contributed by atoms with Crippen LogP contribution in [0.5, 0.6) is 0 Å². The molecule has 1 fully saturated rings. The van der Waals surface area contributed by atoms with Gasteiger partial charge in [0.15, 0.2) is 10.6 Å². The Labute approximate surface area is 179 Å². The van der Waals surface area contributed by atoms with Crippen molar-refractivity contribution in [3.8, 4) is 11.4 Å². The maximum Gasteiger partial charge on any atom is 0.199 e. The molecular formula is C22H23N5S2. The van der Waals surface area contributed by atoms with E-state index in [9.17, 15) is 0 Å². The van der Waals surface area contributed by atoms with Crippen molar-refractivity contribution in [2.45, 2.75) is 25.4 Å². The molecule has 0 aliphatic carbocycles. The molecule has 29 heavy (non-hydrogen) atoms. The van der Waals surface area contributed by atoms with E-state index in [4.69, 9.17) is 22.3 Å². The van der Waals surface area contributed by atoms with Crippen LogP contribution in [0.25, 0.3) is 21.6 Å². The Bertz CT molecular complexity index is 1160. The Morgan fingerprint density at radius 1 is 1.10 bits per heavy atom. The number of hydrogen-bond acceptors (Lipinski definition) is 5. The molecule has 5 rings (SSSR count). The van der Waals surface area contributed by atoms with E-state index in [0.717, 1.165) is 41.4 Å². The Morgan fingerprint density at radius 3 is 2.72 bits per heavy atom. The molecule has 3 heterocycles. The topological polar surface area (TPSA) is 38.9 Å². The van der Waals surface area contributed by atoms with Gasteiger partial charge in [0, 0.05) is 25.1 Å². The lowest BCUT2D eigenvalue weighted by Crippen LogP contribution is -2.36. The Hall–Kier alpha value is -2.35. The van der Waals surface area contributed by atoms with Crippen LogP contribution in [0.2, 0.25) is 0 Å². The lowest BCUT2D eigenvalue weighted by molar-refractivity contribution is 0.156. The van der Waals surface area contributed by atoms with Crippen molar-refractivity contribution in [3.05, 3.63) is 64.4 Å². The van der Waals surface area contributed by atoms with Crippen molar-refractivity contribution < 1.29 is 0 Å². The summed E-state index contributed by atoms with van der Waals surface area (Å²) in [5.74, 6) is 1.39. The molecule has 1 aliphatic rings. The number of fused-ring (bicyclic) bond motifs is 1. The first-order valence-corrected chi connectivity index (χ1v) is 11.2. The van der Waals surface area contributed by atoms with Gasteiger partial charge in [0.2, 0.25) is 0 Å². The molecule has 0 unspecified atom stereocenters. The zero-order chi connectivity index (χ0) is 19.8. The fourth-order valence-electron chi connectivity index (χ4n) is 4.06. The largest absolute Gasteiger partial charge is 0.303 e. The molecule has 5 nitrogen and oxygen atoms in total. The van der Waals surface area contributed by atoms with Crippen molar-refractivity contribution >= 4 is 33.8 Å². The summed E-state index contributed by atoms with van der Waals surface area (Å²) in [5.41, 5.74) is 2.20. The highest BCUT2D eigenvalue weighted by atomic mass is 32.1. The van der Waals surface area contributed by atoms with Gasteiger partial charge < -0.3 is 4.57 Å². The molecule has 7 heteroatoms. The van der Waals surface area contributed by atoms with Gasteiger partial charge >= 0.3 is 0 Å². The van der Waals surface area contributed by atoms with Crippen LogP contribution in [0.3, 0.4) is 0 Å². The summed E-state index contributed by atoms with van der Waals surface area (Å²) in [6.45, 7) is 2.79. The van der Waals surface area contributed by atoms with Crippen LogP contribution in [0.1, 0.15) is 23.8 Å². The number of piperidine rings is 1. The fraction of sp³-hybridized carbons (Fsp3) is 0.318. The third kappa shape index (κ3) is 3.66. The van der Waals surface area contributed by atoms with Crippen LogP contribution in [0.15, 0.2) is 54.6 Å². The van der Waals surface area contributed by atoms with Crippen LogP contribution in [-0.4, -0.2) is 37.3 Å². The fourth-order valence-corrected chi connectivity index (χ4v) is 5.34. The average molecular weight is 422 g/mol. The minimum atomic E-state index is 0.479. The molecular weight excluding hydrogens is 398 g/mol. The lowest BCUT2D eigenvalue weighted by Gasteiger charge is -2.31. The summed E-state index contributed by atoms with van der Waals surface area (Å²) < 4.78 is 5.99. The number of aromatic nitrogens is 4. The first-order chi connectivity index (χ1) is 14.2.